The molecule has 1 unspecified atom stereocenters. The zero-order valence-corrected chi connectivity index (χ0v) is 14.0. The van der Waals surface area contributed by atoms with Gasteiger partial charge in [-0.25, -0.2) is 0 Å². The van der Waals surface area contributed by atoms with Gasteiger partial charge in [-0.2, -0.15) is 0 Å². The second-order valence-corrected chi connectivity index (χ2v) is 7.09. The van der Waals surface area contributed by atoms with Crippen molar-refractivity contribution in [3.05, 3.63) is 42.0 Å². The third kappa shape index (κ3) is 3.53. The Kier molecular flexibility index (Phi) is 5.03. The van der Waals surface area contributed by atoms with Crippen LogP contribution < -0.4 is 0 Å². The first-order chi connectivity index (χ1) is 11.6. The van der Waals surface area contributed by atoms with Gasteiger partial charge in [-0.15, -0.1) is 0 Å². The summed E-state index contributed by atoms with van der Waals surface area (Å²) in [5.41, 5.74) is 0.222. The highest BCUT2D eigenvalue weighted by Gasteiger charge is 2.44. The molecule has 1 aliphatic heterocycles. The van der Waals surface area contributed by atoms with Gasteiger partial charge in [-0.1, -0.05) is 48.9 Å². The number of allylic oxidation sites excluding steroid dienone is 1. The number of carboxylic acids is 1. The molecule has 1 amide bonds. The maximum absolute atomic E-state index is 12.5. The van der Waals surface area contributed by atoms with Gasteiger partial charge in [0.1, 0.15) is 0 Å². The Morgan fingerprint density at radius 2 is 1.96 bits per heavy atom. The minimum Gasteiger partial charge on any atom is -0.481 e. The van der Waals surface area contributed by atoms with Crippen LogP contribution in [0.2, 0.25) is 0 Å². The average molecular weight is 327 g/mol. The van der Waals surface area contributed by atoms with E-state index in [0.29, 0.717) is 25.9 Å². The topological polar surface area (TPSA) is 57.6 Å². The lowest BCUT2D eigenvalue weighted by atomic mass is 9.75. The number of benzene rings is 1. The highest BCUT2D eigenvalue weighted by molar-refractivity contribution is 5.82. The molecule has 0 spiro atoms. The van der Waals surface area contributed by atoms with E-state index < -0.39 is 11.4 Å². The van der Waals surface area contributed by atoms with Crippen molar-refractivity contribution in [1.29, 1.82) is 0 Å². The molecule has 1 heterocycles. The summed E-state index contributed by atoms with van der Waals surface area (Å²) in [6.45, 7) is 1.05. The smallest absolute Gasteiger partial charge is 0.311 e. The quantitative estimate of drug-likeness (QED) is 0.899. The van der Waals surface area contributed by atoms with Gasteiger partial charge in [-0.3, -0.25) is 9.59 Å². The molecule has 4 nitrogen and oxygen atoms in total. The number of rotatable bonds is 5. The minimum atomic E-state index is -0.844. The van der Waals surface area contributed by atoms with E-state index in [4.69, 9.17) is 0 Å². The number of amides is 1. The first-order valence-electron chi connectivity index (χ1n) is 8.84. The van der Waals surface area contributed by atoms with Gasteiger partial charge in [0.25, 0.3) is 0 Å². The molecule has 0 bridgehead atoms. The van der Waals surface area contributed by atoms with Gasteiger partial charge in [0.15, 0.2) is 0 Å². The molecule has 1 saturated carbocycles. The van der Waals surface area contributed by atoms with E-state index in [1.165, 1.54) is 0 Å². The Morgan fingerprint density at radius 1 is 1.21 bits per heavy atom. The second-order valence-electron chi connectivity index (χ2n) is 7.09. The predicted octanol–water partition coefficient (Wildman–Crippen LogP) is 3.58. The summed E-state index contributed by atoms with van der Waals surface area (Å²) in [4.78, 5) is 26.3. The second kappa shape index (κ2) is 7.20. The van der Waals surface area contributed by atoms with Gasteiger partial charge in [-0.05, 0) is 37.7 Å². The van der Waals surface area contributed by atoms with Crippen LogP contribution in [0, 0.1) is 11.3 Å². The molecule has 0 aromatic heterocycles. The molecule has 1 aromatic carbocycles. The molecule has 1 aromatic rings. The molecular weight excluding hydrogens is 302 g/mol. The molecule has 2 aliphatic rings. The molecule has 1 saturated heterocycles. The van der Waals surface area contributed by atoms with Crippen LogP contribution >= 0.6 is 0 Å². The molecule has 1 atom stereocenters. The molecule has 0 radical (unpaired) electrons. The Labute approximate surface area is 143 Å². The van der Waals surface area contributed by atoms with Crippen molar-refractivity contribution < 1.29 is 14.7 Å². The van der Waals surface area contributed by atoms with Crippen molar-refractivity contribution >= 4 is 18.0 Å². The monoisotopic (exact) mass is 327 g/mol. The first-order valence-corrected chi connectivity index (χ1v) is 8.84. The Morgan fingerprint density at radius 3 is 2.58 bits per heavy atom. The van der Waals surface area contributed by atoms with Gasteiger partial charge < -0.3 is 10.0 Å². The molecule has 3 rings (SSSR count). The summed E-state index contributed by atoms with van der Waals surface area (Å²) in [5, 5.41) is 9.82. The fourth-order valence-corrected chi connectivity index (χ4v) is 3.65. The largest absolute Gasteiger partial charge is 0.481 e. The van der Waals surface area contributed by atoms with Crippen molar-refractivity contribution in [2.24, 2.45) is 11.3 Å². The molecular formula is C20H25NO3. The SMILES string of the molecule is O=C(C1CCC1)N1CCCC(CC=Cc2ccccc2)(C(=O)O)C1. The molecule has 1 aliphatic carbocycles. The number of hydrogen-bond donors (Lipinski definition) is 1. The lowest BCUT2D eigenvalue weighted by Crippen LogP contribution is -2.51. The minimum absolute atomic E-state index is 0.134. The number of carbonyl (C=O) groups excluding carboxylic acids is 1. The van der Waals surface area contributed by atoms with E-state index in [1.54, 1.807) is 4.90 Å². The van der Waals surface area contributed by atoms with Crippen LogP contribution in [0.3, 0.4) is 0 Å². The van der Waals surface area contributed by atoms with Crippen molar-refractivity contribution in [3.63, 3.8) is 0 Å². The Balaban J connectivity index is 1.69. The van der Waals surface area contributed by atoms with Crippen LogP contribution in [-0.2, 0) is 9.59 Å². The van der Waals surface area contributed by atoms with E-state index in [0.717, 1.165) is 31.2 Å². The van der Waals surface area contributed by atoms with Crippen molar-refractivity contribution in [3.8, 4) is 0 Å². The maximum atomic E-state index is 12.5. The van der Waals surface area contributed by atoms with Crippen LogP contribution in [0.25, 0.3) is 6.08 Å². The number of likely N-dealkylation sites (tertiary alicyclic amines) is 1. The zero-order valence-electron chi connectivity index (χ0n) is 14.0. The number of hydrogen-bond acceptors (Lipinski definition) is 2. The fraction of sp³-hybridized carbons (Fsp3) is 0.500. The normalized spacial score (nSPS) is 24.8. The average Bonchev–Trinajstić information content (AvgIpc) is 2.54. The number of carboxylic acid groups (broad SMARTS) is 1. The van der Waals surface area contributed by atoms with Crippen LogP contribution in [0.5, 0.6) is 0 Å². The van der Waals surface area contributed by atoms with Crippen LogP contribution in [0.15, 0.2) is 36.4 Å². The van der Waals surface area contributed by atoms with Crippen LogP contribution in [-0.4, -0.2) is 35.0 Å². The summed E-state index contributed by atoms with van der Waals surface area (Å²) in [6.07, 6.45) is 8.82. The van der Waals surface area contributed by atoms with E-state index >= 15 is 0 Å². The number of aliphatic carboxylic acids is 1. The van der Waals surface area contributed by atoms with Gasteiger partial charge in [0.05, 0.1) is 5.41 Å². The molecule has 4 heteroatoms. The van der Waals surface area contributed by atoms with Gasteiger partial charge in [0, 0.05) is 19.0 Å². The van der Waals surface area contributed by atoms with Crippen LogP contribution in [0.1, 0.15) is 44.1 Å². The molecule has 128 valence electrons. The highest BCUT2D eigenvalue weighted by atomic mass is 16.4. The van der Waals surface area contributed by atoms with E-state index in [9.17, 15) is 14.7 Å². The van der Waals surface area contributed by atoms with E-state index in [2.05, 4.69) is 0 Å². The Bertz CT molecular complexity index is 621. The summed E-state index contributed by atoms with van der Waals surface area (Å²) in [7, 11) is 0. The van der Waals surface area contributed by atoms with E-state index in [1.807, 2.05) is 42.5 Å². The summed E-state index contributed by atoms with van der Waals surface area (Å²) < 4.78 is 0. The molecule has 2 fully saturated rings. The third-order valence-corrected chi connectivity index (χ3v) is 5.42. The summed E-state index contributed by atoms with van der Waals surface area (Å²) >= 11 is 0. The lowest BCUT2D eigenvalue weighted by molar-refractivity contribution is -0.156. The molecule has 24 heavy (non-hydrogen) atoms. The van der Waals surface area contributed by atoms with Crippen molar-refractivity contribution in [2.75, 3.05) is 13.1 Å². The highest BCUT2D eigenvalue weighted by Crippen LogP contribution is 2.37. The zero-order chi connectivity index (χ0) is 17.0. The maximum Gasteiger partial charge on any atom is 0.311 e. The Hall–Kier alpha value is -2.10. The number of piperidine rings is 1. The summed E-state index contributed by atoms with van der Waals surface area (Å²) in [6, 6.07) is 9.88. The first kappa shape index (κ1) is 16.7. The molecule has 1 N–H and O–H groups in total. The van der Waals surface area contributed by atoms with E-state index in [-0.39, 0.29) is 11.8 Å². The lowest BCUT2D eigenvalue weighted by Gasteiger charge is -2.42. The third-order valence-electron chi connectivity index (χ3n) is 5.42. The van der Waals surface area contributed by atoms with Crippen LogP contribution in [0.4, 0.5) is 0 Å². The van der Waals surface area contributed by atoms with Gasteiger partial charge >= 0.3 is 5.97 Å². The fourth-order valence-electron chi connectivity index (χ4n) is 3.65. The standard InChI is InChI=1S/C20H25NO3/c22-18(17-10-4-11-17)21-14-6-13-20(15-21,19(23)24)12-5-9-16-7-2-1-3-8-16/h1-3,5,7-9,17H,4,6,10-15H2,(H,23,24). The van der Waals surface area contributed by atoms with Crippen molar-refractivity contribution in [1.82, 2.24) is 4.90 Å². The number of carbonyl (C=O) groups is 2. The summed E-state index contributed by atoms with van der Waals surface area (Å²) in [5.74, 6) is -0.487. The number of nitrogens with zero attached hydrogens (tertiary/aromatic N) is 1. The van der Waals surface area contributed by atoms with Crippen molar-refractivity contribution in [2.45, 2.75) is 38.5 Å². The predicted molar refractivity (Wildman–Crippen MR) is 93.3 cm³/mol. The van der Waals surface area contributed by atoms with Gasteiger partial charge in [0.2, 0.25) is 5.91 Å².